The highest BCUT2D eigenvalue weighted by Gasteiger charge is 2.01. The van der Waals surface area contributed by atoms with Crippen molar-refractivity contribution in [1.29, 1.82) is 0 Å². The second kappa shape index (κ2) is 4.01. The zero-order chi connectivity index (χ0) is 8.97. The first-order valence-corrected chi connectivity index (χ1v) is 4.04. The molecule has 0 spiro atoms. The minimum atomic E-state index is 0.192. The highest BCUT2D eigenvalue weighted by Crippen LogP contribution is 2.01. The number of nitrogens with two attached hydrogens (primary N) is 2. The molecule has 0 saturated carbocycles. The Morgan fingerprint density at radius 2 is 2.00 bits per heavy atom. The van der Waals surface area contributed by atoms with Crippen LogP contribution in [0.5, 0.6) is 0 Å². The molecule has 1 aromatic heterocycles. The highest BCUT2D eigenvalue weighted by molar-refractivity contribution is 5.17. The lowest BCUT2D eigenvalue weighted by Gasteiger charge is -2.06. The van der Waals surface area contributed by atoms with Crippen molar-refractivity contribution < 1.29 is 0 Å². The predicted molar refractivity (Wildman–Crippen MR) is 48.4 cm³/mol. The molecule has 4 heteroatoms. The van der Waals surface area contributed by atoms with Crippen LogP contribution in [0.4, 0.5) is 5.95 Å². The van der Waals surface area contributed by atoms with Crippen LogP contribution in [0.25, 0.3) is 0 Å². The number of hydrogen-bond acceptors (Lipinski definition) is 4. The maximum Gasteiger partial charge on any atom is 0.219 e. The van der Waals surface area contributed by atoms with E-state index in [9.17, 15) is 0 Å². The van der Waals surface area contributed by atoms with Crippen LogP contribution < -0.4 is 11.5 Å². The Hall–Kier alpha value is -1.16. The van der Waals surface area contributed by atoms with E-state index < -0.39 is 0 Å². The minimum absolute atomic E-state index is 0.192. The number of anilines is 1. The first-order valence-electron chi connectivity index (χ1n) is 4.04. The third-order valence-corrected chi connectivity index (χ3v) is 1.75. The van der Waals surface area contributed by atoms with Crippen LogP contribution in [0.15, 0.2) is 12.4 Å². The minimum Gasteiger partial charge on any atom is -0.368 e. The molecular formula is C8H14N4. The van der Waals surface area contributed by atoms with Crippen LogP contribution in [-0.2, 0) is 6.42 Å². The third-order valence-electron chi connectivity index (χ3n) is 1.75. The Balaban J connectivity index is 2.58. The molecule has 0 aliphatic carbocycles. The molecule has 4 nitrogen and oxygen atoms in total. The van der Waals surface area contributed by atoms with Gasteiger partial charge in [0.1, 0.15) is 0 Å². The zero-order valence-electron chi connectivity index (χ0n) is 7.20. The molecule has 0 bridgehead atoms. The van der Waals surface area contributed by atoms with E-state index in [-0.39, 0.29) is 6.04 Å². The van der Waals surface area contributed by atoms with Gasteiger partial charge in [-0.1, -0.05) is 6.92 Å². The van der Waals surface area contributed by atoms with Crippen molar-refractivity contribution >= 4 is 5.95 Å². The topological polar surface area (TPSA) is 77.8 Å². The number of rotatable bonds is 3. The van der Waals surface area contributed by atoms with Gasteiger partial charge in [0.05, 0.1) is 0 Å². The molecule has 0 aliphatic rings. The van der Waals surface area contributed by atoms with Crippen molar-refractivity contribution in [3.05, 3.63) is 18.0 Å². The average molecular weight is 166 g/mol. The molecule has 0 radical (unpaired) electrons. The normalized spacial score (nSPS) is 12.8. The van der Waals surface area contributed by atoms with Gasteiger partial charge in [-0.05, 0) is 18.4 Å². The van der Waals surface area contributed by atoms with Gasteiger partial charge < -0.3 is 11.5 Å². The van der Waals surface area contributed by atoms with Crippen LogP contribution in [0, 0.1) is 0 Å². The Morgan fingerprint density at radius 3 is 2.50 bits per heavy atom. The molecular weight excluding hydrogens is 152 g/mol. The average Bonchev–Trinajstić information content (AvgIpc) is 2.09. The van der Waals surface area contributed by atoms with Gasteiger partial charge in [-0.2, -0.15) is 0 Å². The fourth-order valence-corrected chi connectivity index (χ4v) is 0.917. The van der Waals surface area contributed by atoms with Gasteiger partial charge in [0, 0.05) is 18.4 Å². The van der Waals surface area contributed by atoms with Gasteiger partial charge in [-0.3, -0.25) is 0 Å². The summed E-state index contributed by atoms with van der Waals surface area (Å²) < 4.78 is 0. The molecule has 4 N–H and O–H groups in total. The summed E-state index contributed by atoms with van der Waals surface area (Å²) in [6, 6.07) is 0.192. The molecule has 12 heavy (non-hydrogen) atoms. The Kier molecular flexibility index (Phi) is 2.99. The first kappa shape index (κ1) is 8.93. The molecule has 1 rings (SSSR count). The van der Waals surface area contributed by atoms with E-state index >= 15 is 0 Å². The molecule has 1 unspecified atom stereocenters. The molecule has 0 fully saturated rings. The zero-order valence-corrected chi connectivity index (χ0v) is 7.20. The van der Waals surface area contributed by atoms with Crippen molar-refractivity contribution in [2.75, 3.05) is 5.73 Å². The van der Waals surface area contributed by atoms with E-state index in [0.717, 1.165) is 18.4 Å². The van der Waals surface area contributed by atoms with E-state index in [4.69, 9.17) is 11.5 Å². The predicted octanol–water partition coefficient (Wildman–Crippen LogP) is 0.339. The Bertz CT molecular complexity index is 231. The smallest absolute Gasteiger partial charge is 0.219 e. The Labute approximate surface area is 72.0 Å². The van der Waals surface area contributed by atoms with Gasteiger partial charge in [0.25, 0.3) is 0 Å². The standard InChI is InChI=1S/C8H14N4/c1-2-7(9)3-6-4-11-8(10)12-5-6/h4-5,7H,2-3,9H2,1H3,(H2,10,11,12). The number of aromatic nitrogens is 2. The largest absolute Gasteiger partial charge is 0.368 e. The van der Waals surface area contributed by atoms with Crippen LogP contribution in [0.2, 0.25) is 0 Å². The molecule has 0 aliphatic heterocycles. The number of nitrogens with zero attached hydrogens (tertiary/aromatic N) is 2. The van der Waals surface area contributed by atoms with Crippen molar-refractivity contribution in [2.45, 2.75) is 25.8 Å². The summed E-state index contributed by atoms with van der Waals surface area (Å²) >= 11 is 0. The maximum atomic E-state index is 5.76. The lowest BCUT2D eigenvalue weighted by atomic mass is 10.1. The summed E-state index contributed by atoms with van der Waals surface area (Å²) in [6.45, 7) is 2.06. The summed E-state index contributed by atoms with van der Waals surface area (Å²) in [5.74, 6) is 0.309. The lowest BCUT2D eigenvalue weighted by molar-refractivity contribution is 0.643. The van der Waals surface area contributed by atoms with E-state index in [1.165, 1.54) is 0 Å². The first-order chi connectivity index (χ1) is 5.72. The van der Waals surface area contributed by atoms with Crippen LogP contribution in [-0.4, -0.2) is 16.0 Å². The lowest BCUT2D eigenvalue weighted by Crippen LogP contribution is -2.21. The van der Waals surface area contributed by atoms with Gasteiger partial charge in [-0.25, -0.2) is 9.97 Å². The summed E-state index contributed by atoms with van der Waals surface area (Å²) in [4.78, 5) is 7.76. The van der Waals surface area contributed by atoms with Crippen molar-refractivity contribution in [1.82, 2.24) is 9.97 Å². The summed E-state index contributed by atoms with van der Waals surface area (Å²) in [5.41, 5.74) is 12.1. The maximum absolute atomic E-state index is 5.76. The second-order valence-electron chi connectivity index (χ2n) is 2.82. The summed E-state index contributed by atoms with van der Waals surface area (Å²) in [5, 5.41) is 0. The molecule has 1 aromatic rings. The quantitative estimate of drug-likeness (QED) is 0.678. The van der Waals surface area contributed by atoms with Gasteiger partial charge in [0.15, 0.2) is 0 Å². The van der Waals surface area contributed by atoms with Crippen LogP contribution in [0.1, 0.15) is 18.9 Å². The van der Waals surface area contributed by atoms with E-state index in [1.54, 1.807) is 12.4 Å². The molecule has 0 aromatic carbocycles. The molecule has 1 atom stereocenters. The fourth-order valence-electron chi connectivity index (χ4n) is 0.917. The van der Waals surface area contributed by atoms with Crippen LogP contribution in [0.3, 0.4) is 0 Å². The summed E-state index contributed by atoms with van der Waals surface area (Å²) in [6.07, 6.45) is 5.22. The molecule has 0 amide bonds. The highest BCUT2D eigenvalue weighted by atomic mass is 15.0. The van der Waals surface area contributed by atoms with Gasteiger partial charge >= 0.3 is 0 Å². The fraction of sp³-hybridized carbons (Fsp3) is 0.500. The van der Waals surface area contributed by atoms with Crippen molar-refractivity contribution in [3.63, 3.8) is 0 Å². The SMILES string of the molecule is CCC(N)Cc1cnc(N)nc1. The van der Waals surface area contributed by atoms with E-state index in [1.807, 2.05) is 0 Å². The van der Waals surface area contributed by atoms with Gasteiger partial charge in [-0.15, -0.1) is 0 Å². The Morgan fingerprint density at radius 1 is 1.42 bits per heavy atom. The van der Waals surface area contributed by atoms with E-state index in [0.29, 0.717) is 5.95 Å². The molecule has 0 saturated heterocycles. The van der Waals surface area contributed by atoms with Crippen LogP contribution >= 0.6 is 0 Å². The van der Waals surface area contributed by atoms with Crippen molar-refractivity contribution in [2.24, 2.45) is 5.73 Å². The summed E-state index contributed by atoms with van der Waals surface area (Å²) in [7, 11) is 0. The second-order valence-corrected chi connectivity index (χ2v) is 2.82. The molecule has 66 valence electrons. The van der Waals surface area contributed by atoms with Crippen molar-refractivity contribution in [3.8, 4) is 0 Å². The number of nitrogen functional groups attached to an aromatic ring is 1. The third kappa shape index (κ3) is 2.47. The van der Waals surface area contributed by atoms with Gasteiger partial charge in [0.2, 0.25) is 5.95 Å². The molecule has 1 heterocycles. The van der Waals surface area contributed by atoms with E-state index in [2.05, 4.69) is 16.9 Å². The monoisotopic (exact) mass is 166 g/mol. The number of hydrogen-bond donors (Lipinski definition) is 2.